The molecule has 0 amide bonds. The van der Waals surface area contributed by atoms with Crippen molar-refractivity contribution in [3.8, 4) is 5.75 Å². The first-order valence-corrected chi connectivity index (χ1v) is 7.56. The van der Waals surface area contributed by atoms with Crippen molar-refractivity contribution in [1.29, 1.82) is 0 Å². The summed E-state index contributed by atoms with van der Waals surface area (Å²) in [5.74, 6) is 1.43. The van der Waals surface area contributed by atoms with Crippen molar-refractivity contribution in [2.45, 2.75) is 32.9 Å². The average molecular weight is 283 g/mol. The van der Waals surface area contributed by atoms with Crippen LogP contribution >= 0.6 is 0 Å². The summed E-state index contributed by atoms with van der Waals surface area (Å²) >= 11 is 0. The fourth-order valence-electron chi connectivity index (χ4n) is 2.59. The second-order valence-electron chi connectivity index (χ2n) is 5.79. The summed E-state index contributed by atoms with van der Waals surface area (Å²) in [5.41, 5.74) is 2.62. The van der Waals surface area contributed by atoms with E-state index in [2.05, 4.69) is 68.6 Å². The van der Waals surface area contributed by atoms with E-state index in [0.717, 1.165) is 5.75 Å². The minimum absolute atomic E-state index is 0.295. The molecule has 0 saturated carbocycles. The number of ether oxygens (including phenoxy) is 1. The summed E-state index contributed by atoms with van der Waals surface area (Å²) in [6.45, 7) is 6.72. The minimum Gasteiger partial charge on any atom is -0.497 e. The molecule has 0 fully saturated rings. The van der Waals surface area contributed by atoms with Crippen LogP contribution in [0.5, 0.6) is 5.75 Å². The highest BCUT2D eigenvalue weighted by atomic mass is 16.5. The molecule has 0 aromatic heterocycles. The fourth-order valence-corrected chi connectivity index (χ4v) is 2.59. The van der Waals surface area contributed by atoms with Gasteiger partial charge in [-0.15, -0.1) is 0 Å². The highest BCUT2D eigenvalue weighted by molar-refractivity contribution is 5.29. The Morgan fingerprint density at radius 1 is 0.810 bits per heavy atom. The highest BCUT2D eigenvalue weighted by Crippen LogP contribution is 2.26. The minimum atomic E-state index is 0.295. The van der Waals surface area contributed by atoms with E-state index in [0.29, 0.717) is 18.0 Å². The zero-order valence-electron chi connectivity index (χ0n) is 13.3. The Kier molecular flexibility index (Phi) is 5.40. The molecule has 2 nitrogen and oxygen atoms in total. The lowest BCUT2D eigenvalue weighted by molar-refractivity contribution is 0.374. The van der Waals surface area contributed by atoms with E-state index >= 15 is 0 Å². The van der Waals surface area contributed by atoms with Crippen molar-refractivity contribution < 1.29 is 4.74 Å². The third-order valence-corrected chi connectivity index (χ3v) is 3.87. The molecule has 0 aliphatic rings. The van der Waals surface area contributed by atoms with E-state index in [4.69, 9.17) is 4.74 Å². The second kappa shape index (κ2) is 7.28. The van der Waals surface area contributed by atoms with Crippen LogP contribution in [0, 0.1) is 5.92 Å². The van der Waals surface area contributed by atoms with Crippen molar-refractivity contribution in [2.75, 3.05) is 7.11 Å². The summed E-state index contributed by atoms with van der Waals surface area (Å²) in [6, 6.07) is 19.6. The number of hydrogen-bond donors (Lipinski definition) is 1. The lowest BCUT2D eigenvalue weighted by Crippen LogP contribution is -2.28. The molecule has 2 aromatic rings. The molecule has 0 bridgehead atoms. The van der Waals surface area contributed by atoms with Gasteiger partial charge in [-0.25, -0.2) is 0 Å². The average Bonchev–Trinajstić information content (AvgIpc) is 2.53. The second-order valence-corrected chi connectivity index (χ2v) is 5.79. The van der Waals surface area contributed by atoms with Gasteiger partial charge in [0.25, 0.3) is 0 Å². The van der Waals surface area contributed by atoms with Crippen molar-refractivity contribution in [3.05, 3.63) is 65.7 Å². The molecular formula is C19H25NO. The van der Waals surface area contributed by atoms with Gasteiger partial charge in [0.1, 0.15) is 5.75 Å². The van der Waals surface area contributed by atoms with E-state index in [-0.39, 0.29) is 0 Å². The first-order valence-electron chi connectivity index (χ1n) is 7.56. The molecule has 2 unspecified atom stereocenters. The van der Waals surface area contributed by atoms with Crippen LogP contribution in [-0.2, 0) is 0 Å². The van der Waals surface area contributed by atoms with Gasteiger partial charge in [0.05, 0.1) is 7.11 Å². The SMILES string of the molecule is COc1ccc(C(C)NC(c2ccccc2)C(C)C)cc1. The monoisotopic (exact) mass is 283 g/mol. The molecule has 0 spiro atoms. The van der Waals surface area contributed by atoms with Crippen LogP contribution in [0.3, 0.4) is 0 Å². The predicted molar refractivity (Wildman–Crippen MR) is 88.6 cm³/mol. The Hall–Kier alpha value is -1.80. The Morgan fingerprint density at radius 2 is 1.43 bits per heavy atom. The third-order valence-electron chi connectivity index (χ3n) is 3.87. The largest absolute Gasteiger partial charge is 0.497 e. The maximum absolute atomic E-state index is 5.22. The molecule has 112 valence electrons. The van der Waals surface area contributed by atoms with Crippen LogP contribution in [0.25, 0.3) is 0 Å². The van der Waals surface area contributed by atoms with Gasteiger partial charge < -0.3 is 10.1 Å². The van der Waals surface area contributed by atoms with Crippen LogP contribution in [-0.4, -0.2) is 7.11 Å². The van der Waals surface area contributed by atoms with E-state index in [1.807, 2.05) is 12.1 Å². The highest BCUT2D eigenvalue weighted by Gasteiger charge is 2.18. The first-order chi connectivity index (χ1) is 10.1. The number of methoxy groups -OCH3 is 1. The van der Waals surface area contributed by atoms with Crippen LogP contribution < -0.4 is 10.1 Å². The van der Waals surface area contributed by atoms with Crippen molar-refractivity contribution >= 4 is 0 Å². The lowest BCUT2D eigenvalue weighted by Gasteiger charge is -2.27. The number of nitrogens with one attached hydrogen (secondary N) is 1. The van der Waals surface area contributed by atoms with Crippen LogP contribution in [0.4, 0.5) is 0 Å². The molecule has 0 aliphatic heterocycles. The zero-order chi connectivity index (χ0) is 15.2. The first kappa shape index (κ1) is 15.6. The van der Waals surface area contributed by atoms with Gasteiger partial charge in [-0.05, 0) is 36.1 Å². The summed E-state index contributed by atoms with van der Waals surface area (Å²) in [7, 11) is 1.70. The number of rotatable bonds is 6. The zero-order valence-corrected chi connectivity index (χ0v) is 13.3. The molecular weight excluding hydrogens is 258 g/mol. The molecule has 0 radical (unpaired) electrons. The molecule has 21 heavy (non-hydrogen) atoms. The fraction of sp³-hybridized carbons (Fsp3) is 0.368. The molecule has 0 heterocycles. The molecule has 1 N–H and O–H groups in total. The third kappa shape index (κ3) is 4.08. The van der Waals surface area contributed by atoms with Gasteiger partial charge in [-0.3, -0.25) is 0 Å². The topological polar surface area (TPSA) is 21.3 Å². The van der Waals surface area contributed by atoms with Gasteiger partial charge in [-0.2, -0.15) is 0 Å². The van der Waals surface area contributed by atoms with Crippen LogP contribution in [0.15, 0.2) is 54.6 Å². The van der Waals surface area contributed by atoms with Gasteiger partial charge in [-0.1, -0.05) is 56.3 Å². The Labute approximate surface area is 128 Å². The van der Waals surface area contributed by atoms with Crippen LogP contribution in [0.1, 0.15) is 44.0 Å². The van der Waals surface area contributed by atoms with Crippen molar-refractivity contribution in [2.24, 2.45) is 5.92 Å². The summed E-state index contributed by atoms with van der Waals surface area (Å²) < 4.78 is 5.22. The van der Waals surface area contributed by atoms with Crippen molar-refractivity contribution in [1.82, 2.24) is 5.32 Å². The Morgan fingerprint density at radius 3 is 1.95 bits per heavy atom. The number of hydrogen-bond acceptors (Lipinski definition) is 2. The standard InChI is InChI=1S/C19H25NO/c1-14(2)19(17-8-6-5-7-9-17)20-15(3)16-10-12-18(21-4)13-11-16/h5-15,19-20H,1-4H3. The number of benzene rings is 2. The van der Waals surface area contributed by atoms with Crippen molar-refractivity contribution in [3.63, 3.8) is 0 Å². The van der Waals surface area contributed by atoms with Gasteiger partial charge >= 0.3 is 0 Å². The van der Waals surface area contributed by atoms with E-state index in [9.17, 15) is 0 Å². The summed E-state index contributed by atoms with van der Waals surface area (Å²) in [5, 5.41) is 3.75. The maximum Gasteiger partial charge on any atom is 0.118 e. The maximum atomic E-state index is 5.22. The molecule has 2 aromatic carbocycles. The van der Waals surface area contributed by atoms with Gasteiger partial charge in [0.2, 0.25) is 0 Å². The smallest absolute Gasteiger partial charge is 0.118 e. The van der Waals surface area contributed by atoms with E-state index in [1.165, 1.54) is 11.1 Å². The molecule has 0 saturated heterocycles. The quantitative estimate of drug-likeness (QED) is 0.826. The van der Waals surface area contributed by atoms with Gasteiger partial charge in [0, 0.05) is 12.1 Å². The van der Waals surface area contributed by atoms with Gasteiger partial charge in [0.15, 0.2) is 0 Å². The Bertz CT molecular complexity index is 533. The van der Waals surface area contributed by atoms with E-state index in [1.54, 1.807) is 7.11 Å². The predicted octanol–water partition coefficient (Wildman–Crippen LogP) is 4.74. The molecule has 0 aliphatic carbocycles. The Balaban J connectivity index is 2.12. The summed E-state index contributed by atoms with van der Waals surface area (Å²) in [4.78, 5) is 0. The lowest BCUT2D eigenvalue weighted by atomic mass is 9.94. The molecule has 2 heteroatoms. The summed E-state index contributed by atoms with van der Waals surface area (Å²) in [6.07, 6.45) is 0. The normalized spacial score (nSPS) is 14.0. The van der Waals surface area contributed by atoms with E-state index < -0.39 is 0 Å². The molecule has 2 atom stereocenters. The van der Waals surface area contributed by atoms with Crippen LogP contribution in [0.2, 0.25) is 0 Å². The molecule has 2 rings (SSSR count).